The van der Waals surface area contributed by atoms with Crippen LogP contribution in [-0.4, -0.2) is 29.1 Å². The fourth-order valence-electron chi connectivity index (χ4n) is 1.60. The van der Waals surface area contributed by atoms with Gasteiger partial charge < -0.3 is 14.8 Å². The highest BCUT2D eigenvalue weighted by Crippen LogP contribution is 2.31. The minimum absolute atomic E-state index is 0.0588. The topological polar surface area (TPSA) is 69.2 Å². The normalized spacial score (nSPS) is 10.2. The molecule has 0 radical (unpaired) electrons. The highest BCUT2D eigenvalue weighted by Gasteiger charge is 2.10. The lowest BCUT2D eigenvalue weighted by molar-refractivity contribution is 0.367. The number of halogens is 1. The maximum Gasteiger partial charge on any atom is 0.328 e. The molecular weight excluding hydrogens is 280 g/mol. The third-order valence-electron chi connectivity index (χ3n) is 2.65. The van der Waals surface area contributed by atoms with Crippen molar-refractivity contribution < 1.29 is 9.47 Å². The summed E-state index contributed by atoms with van der Waals surface area (Å²) in [7, 11) is 3.27. The summed E-state index contributed by atoms with van der Waals surface area (Å²) in [4.78, 5) is 11.9. The largest absolute Gasteiger partial charge is 0.493 e. The first-order valence-electron chi connectivity index (χ1n) is 6.10. The molecule has 2 rings (SSSR count). The second-order valence-electron chi connectivity index (χ2n) is 3.90. The van der Waals surface area contributed by atoms with Crippen molar-refractivity contribution in [2.24, 2.45) is 0 Å². The standard InChI is InChI=1S/C13H15ClN4O2/c1-4-8-5-6-9(10(7-8)19-3)20-13-17-11(14)16-12(15-2)18-13/h5-7H,4H2,1-3H3,(H,15,16,17,18). The third kappa shape index (κ3) is 3.27. The zero-order valence-corrected chi connectivity index (χ0v) is 12.2. The van der Waals surface area contributed by atoms with Gasteiger partial charge in [-0.15, -0.1) is 0 Å². The smallest absolute Gasteiger partial charge is 0.328 e. The van der Waals surface area contributed by atoms with E-state index < -0.39 is 0 Å². The van der Waals surface area contributed by atoms with Gasteiger partial charge in [0.15, 0.2) is 11.5 Å². The van der Waals surface area contributed by atoms with E-state index in [0.29, 0.717) is 17.4 Å². The van der Waals surface area contributed by atoms with E-state index in [2.05, 4.69) is 27.2 Å². The molecule has 106 valence electrons. The summed E-state index contributed by atoms with van der Waals surface area (Å²) in [5.41, 5.74) is 1.15. The average Bonchev–Trinajstić information content (AvgIpc) is 2.47. The van der Waals surface area contributed by atoms with Crippen LogP contribution < -0.4 is 14.8 Å². The number of nitrogens with one attached hydrogen (secondary N) is 1. The van der Waals surface area contributed by atoms with E-state index in [9.17, 15) is 0 Å². The molecule has 2 aromatic rings. The Morgan fingerprint density at radius 1 is 1.20 bits per heavy atom. The summed E-state index contributed by atoms with van der Waals surface area (Å²) in [5, 5.41) is 2.84. The summed E-state index contributed by atoms with van der Waals surface area (Å²) in [5.74, 6) is 1.48. The van der Waals surface area contributed by atoms with Gasteiger partial charge in [-0.05, 0) is 35.7 Å². The number of hydrogen-bond acceptors (Lipinski definition) is 6. The Morgan fingerprint density at radius 2 is 2.00 bits per heavy atom. The van der Waals surface area contributed by atoms with Crippen molar-refractivity contribution in [3.63, 3.8) is 0 Å². The van der Waals surface area contributed by atoms with E-state index in [4.69, 9.17) is 21.1 Å². The summed E-state index contributed by atoms with van der Waals surface area (Å²) in [6.45, 7) is 2.07. The Labute approximate surface area is 122 Å². The lowest BCUT2D eigenvalue weighted by Gasteiger charge is -2.10. The van der Waals surface area contributed by atoms with Crippen LogP contribution in [0.1, 0.15) is 12.5 Å². The van der Waals surface area contributed by atoms with Crippen LogP contribution >= 0.6 is 11.6 Å². The summed E-state index contributed by atoms with van der Waals surface area (Å²) >= 11 is 5.80. The molecule has 0 saturated heterocycles. The monoisotopic (exact) mass is 294 g/mol. The Hall–Kier alpha value is -2.08. The van der Waals surface area contributed by atoms with Crippen molar-refractivity contribution in [3.05, 3.63) is 29.0 Å². The molecule has 0 fully saturated rings. The lowest BCUT2D eigenvalue weighted by Crippen LogP contribution is -2.01. The number of nitrogens with zero attached hydrogens (tertiary/aromatic N) is 3. The van der Waals surface area contributed by atoms with E-state index >= 15 is 0 Å². The van der Waals surface area contributed by atoms with Gasteiger partial charge in [-0.2, -0.15) is 15.0 Å². The van der Waals surface area contributed by atoms with Crippen LogP contribution in [0.4, 0.5) is 5.95 Å². The second-order valence-corrected chi connectivity index (χ2v) is 4.24. The second kappa shape index (κ2) is 6.38. The maximum atomic E-state index is 5.80. The number of benzene rings is 1. The van der Waals surface area contributed by atoms with E-state index in [0.717, 1.165) is 12.0 Å². The van der Waals surface area contributed by atoms with E-state index in [1.54, 1.807) is 14.2 Å². The molecule has 0 atom stereocenters. The molecule has 6 nitrogen and oxygen atoms in total. The Bertz CT molecular complexity index is 607. The van der Waals surface area contributed by atoms with Gasteiger partial charge in [0.1, 0.15) is 0 Å². The number of rotatable bonds is 5. The fraction of sp³-hybridized carbons (Fsp3) is 0.308. The van der Waals surface area contributed by atoms with Gasteiger partial charge in [-0.1, -0.05) is 13.0 Å². The number of aromatic nitrogens is 3. The Morgan fingerprint density at radius 3 is 2.65 bits per heavy atom. The highest BCUT2D eigenvalue weighted by atomic mass is 35.5. The molecule has 7 heteroatoms. The fourth-order valence-corrected chi connectivity index (χ4v) is 1.76. The summed E-state index contributed by atoms with van der Waals surface area (Å²) in [6, 6.07) is 5.79. The molecule has 0 saturated carbocycles. The first-order valence-corrected chi connectivity index (χ1v) is 6.48. The third-order valence-corrected chi connectivity index (χ3v) is 2.82. The van der Waals surface area contributed by atoms with Crippen molar-refractivity contribution in [1.29, 1.82) is 0 Å². The van der Waals surface area contributed by atoms with Gasteiger partial charge in [0, 0.05) is 7.05 Å². The first-order chi connectivity index (χ1) is 9.66. The molecule has 1 N–H and O–H groups in total. The zero-order valence-electron chi connectivity index (χ0n) is 11.5. The highest BCUT2D eigenvalue weighted by molar-refractivity contribution is 6.28. The minimum atomic E-state index is 0.0588. The predicted octanol–water partition coefficient (Wildman–Crippen LogP) is 2.93. The molecule has 0 unspecified atom stereocenters. The van der Waals surface area contributed by atoms with E-state index in [1.165, 1.54) is 0 Å². The van der Waals surface area contributed by atoms with Gasteiger partial charge in [-0.3, -0.25) is 0 Å². The van der Waals surface area contributed by atoms with Crippen molar-refractivity contribution in [1.82, 2.24) is 15.0 Å². The van der Waals surface area contributed by atoms with E-state index in [-0.39, 0.29) is 11.3 Å². The van der Waals surface area contributed by atoms with E-state index in [1.807, 2.05) is 18.2 Å². The van der Waals surface area contributed by atoms with Gasteiger partial charge in [-0.25, -0.2) is 0 Å². The van der Waals surface area contributed by atoms with Gasteiger partial charge >= 0.3 is 6.01 Å². The molecule has 1 aromatic carbocycles. The number of methoxy groups -OCH3 is 1. The summed E-state index contributed by atoms with van der Waals surface area (Å²) in [6.07, 6.45) is 0.915. The maximum absolute atomic E-state index is 5.80. The number of ether oxygens (including phenoxy) is 2. The SMILES string of the molecule is CCc1ccc(Oc2nc(Cl)nc(NC)n2)c(OC)c1. The van der Waals surface area contributed by atoms with Crippen molar-refractivity contribution in [3.8, 4) is 17.5 Å². The van der Waals surface area contributed by atoms with Crippen LogP contribution in [0.25, 0.3) is 0 Å². The molecule has 0 aliphatic carbocycles. The van der Waals surface area contributed by atoms with Crippen LogP contribution in [0.3, 0.4) is 0 Å². The molecule has 20 heavy (non-hydrogen) atoms. The average molecular weight is 295 g/mol. The van der Waals surface area contributed by atoms with Crippen LogP contribution in [0.5, 0.6) is 17.5 Å². The van der Waals surface area contributed by atoms with Crippen molar-refractivity contribution >= 4 is 17.5 Å². The molecule has 0 aliphatic heterocycles. The lowest BCUT2D eigenvalue weighted by atomic mass is 10.1. The van der Waals surface area contributed by atoms with Gasteiger partial charge in [0.05, 0.1) is 7.11 Å². The first kappa shape index (κ1) is 14.3. The molecule has 1 aromatic heterocycles. The Balaban J connectivity index is 2.31. The number of hydrogen-bond donors (Lipinski definition) is 1. The van der Waals surface area contributed by atoms with Crippen molar-refractivity contribution in [2.75, 3.05) is 19.5 Å². The quantitative estimate of drug-likeness (QED) is 0.914. The Kier molecular flexibility index (Phi) is 4.57. The predicted molar refractivity (Wildman–Crippen MR) is 76.8 cm³/mol. The molecular formula is C13H15ClN4O2. The van der Waals surface area contributed by atoms with Crippen LogP contribution in [0, 0.1) is 0 Å². The van der Waals surface area contributed by atoms with Crippen LogP contribution in [-0.2, 0) is 6.42 Å². The molecule has 0 amide bonds. The molecule has 0 aliphatic rings. The minimum Gasteiger partial charge on any atom is -0.493 e. The van der Waals surface area contributed by atoms with Gasteiger partial charge in [0.25, 0.3) is 0 Å². The summed E-state index contributed by atoms with van der Waals surface area (Å²) < 4.78 is 10.9. The number of aryl methyl sites for hydroxylation is 1. The molecule has 0 bridgehead atoms. The zero-order chi connectivity index (χ0) is 14.5. The molecule has 0 spiro atoms. The van der Waals surface area contributed by atoms with Crippen molar-refractivity contribution in [2.45, 2.75) is 13.3 Å². The van der Waals surface area contributed by atoms with Crippen LogP contribution in [0.2, 0.25) is 5.28 Å². The number of anilines is 1. The van der Waals surface area contributed by atoms with Gasteiger partial charge in [0.2, 0.25) is 11.2 Å². The van der Waals surface area contributed by atoms with Crippen LogP contribution in [0.15, 0.2) is 18.2 Å². The molecule has 1 heterocycles.